The molecule has 1 unspecified atom stereocenters. The number of hydrogen-bond donors (Lipinski definition) is 1. The third-order valence-electron chi connectivity index (χ3n) is 4.78. The molecule has 0 saturated carbocycles. The molecule has 0 saturated heterocycles. The molecule has 0 fully saturated rings. The summed E-state index contributed by atoms with van der Waals surface area (Å²) < 4.78 is 11.6. The lowest BCUT2D eigenvalue weighted by Crippen LogP contribution is -1.92. The third kappa shape index (κ3) is 18.3. The zero-order chi connectivity index (χ0) is 17.9. The summed E-state index contributed by atoms with van der Waals surface area (Å²) in [5.74, 6) is 0. The molecule has 2 nitrogen and oxygen atoms in total. The molecule has 0 aromatic carbocycles. The van der Waals surface area contributed by atoms with Gasteiger partial charge in [0.25, 0.3) is 0 Å². The lowest BCUT2D eigenvalue weighted by atomic mass is 10.0. The second-order valence-electron chi connectivity index (χ2n) is 7.34. The maximum absolute atomic E-state index is 11.6. The van der Waals surface area contributed by atoms with Gasteiger partial charge in [-0.25, -0.2) is 0 Å². The first kappa shape index (κ1) is 23.9. The average Bonchev–Trinajstić information content (AvgIpc) is 2.54. The molecular formula is C21H43O2P. The van der Waals surface area contributed by atoms with Crippen LogP contribution in [0.5, 0.6) is 0 Å². The maximum atomic E-state index is 11.6. The largest absolute Gasteiger partial charge is 0.344 e. The van der Waals surface area contributed by atoms with Crippen LogP contribution in [0.4, 0.5) is 0 Å². The molecule has 3 heteroatoms. The summed E-state index contributed by atoms with van der Waals surface area (Å²) in [5, 5.41) is 0. The van der Waals surface area contributed by atoms with Gasteiger partial charge in [0.1, 0.15) is 0 Å². The first-order valence-corrected chi connectivity index (χ1v) is 12.6. The van der Waals surface area contributed by atoms with E-state index >= 15 is 0 Å². The van der Waals surface area contributed by atoms with E-state index in [-0.39, 0.29) is 6.16 Å². The lowest BCUT2D eigenvalue weighted by Gasteiger charge is -2.08. The van der Waals surface area contributed by atoms with Gasteiger partial charge < -0.3 is 4.89 Å². The Labute approximate surface area is 152 Å². The summed E-state index contributed by atoms with van der Waals surface area (Å²) in [7, 11) is -2.90. The third-order valence-corrected chi connectivity index (χ3v) is 6.62. The van der Waals surface area contributed by atoms with E-state index in [2.05, 4.69) is 13.5 Å². The van der Waals surface area contributed by atoms with Crippen LogP contribution in [0.25, 0.3) is 0 Å². The number of hydrogen-bond acceptors (Lipinski definition) is 1. The van der Waals surface area contributed by atoms with E-state index in [1.807, 2.05) is 0 Å². The van der Waals surface area contributed by atoms with Crippen LogP contribution >= 0.6 is 7.37 Å². The highest BCUT2D eigenvalue weighted by Crippen LogP contribution is 2.41. The topological polar surface area (TPSA) is 37.3 Å². The van der Waals surface area contributed by atoms with Crippen molar-refractivity contribution in [3.05, 3.63) is 12.7 Å². The van der Waals surface area contributed by atoms with Gasteiger partial charge in [0.05, 0.1) is 0 Å². The SMILES string of the molecule is C=CCP(=O)(O)CCCCCCCCCCCCCCCCCC. The van der Waals surface area contributed by atoms with Crippen molar-refractivity contribution in [2.45, 2.75) is 110 Å². The molecule has 0 aliphatic rings. The predicted octanol–water partition coefficient (Wildman–Crippen LogP) is 7.70. The molecule has 0 radical (unpaired) electrons. The van der Waals surface area contributed by atoms with Crippen molar-refractivity contribution < 1.29 is 9.46 Å². The Balaban J connectivity index is 3.13. The van der Waals surface area contributed by atoms with Crippen molar-refractivity contribution in [1.29, 1.82) is 0 Å². The minimum atomic E-state index is -2.90. The fraction of sp³-hybridized carbons (Fsp3) is 0.905. The molecule has 24 heavy (non-hydrogen) atoms. The van der Waals surface area contributed by atoms with Crippen LogP contribution in [0.2, 0.25) is 0 Å². The fourth-order valence-corrected chi connectivity index (χ4v) is 4.50. The van der Waals surface area contributed by atoms with E-state index in [4.69, 9.17) is 0 Å². The van der Waals surface area contributed by atoms with Gasteiger partial charge in [-0.3, -0.25) is 4.57 Å². The van der Waals surface area contributed by atoms with Gasteiger partial charge in [0, 0.05) is 12.3 Å². The molecule has 0 aromatic heterocycles. The summed E-state index contributed by atoms with van der Waals surface area (Å²) in [5.41, 5.74) is 0. The second-order valence-corrected chi connectivity index (χ2v) is 9.85. The van der Waals surface area contributed by atoms with Gasteiger partial charge in [-0.05, 0) is 6.42 Å². The minimum absolute atomic E-state index is 0.270. The maximum Gasteiger partial charge on any atom is 0.204 e. The van der Waals surface area contributed by atoms with Gasteiger partial charge in [0.15, 0.2) is 0 Å². The van der Waals surface area contributed by atoms with Crippen molar-refractivity contribution in [3.8, 4) is 0 Å². The van der Waals surface area contributed by atoms with Crippen molar-refractivity contribution in [2.75, 3.05) is 12.3 Å². The van der Waals surface area contributed by atoms with Crippen LogP contribution in [0, 0.1) is 0 Å². The highest BCUT2D eigenvalue weighted by molar-refractivity contribution is 7.58. The Hall–Kier alpha value is -0.0700. The monoisotopic (exact) mass is 358 g/mol. The summed E-state index contributed by atoms with van der Waals surface area (Å²) >= 11 is 0. The molecule has 1 atom stereocenters. The van der Waals surface area contributed by atoms with Crippen LogP contribution in [-0.4, -0.2) is 17.2 Å². The Kier molecular flexibility index (Phi) is 17.7. The fourth-order valence-electron chi connectivity index (χ4n) is 3.20. The van der Waals surface area contributed by atoms with Gasteiger partial charge >= 0.3 is 0 Å². The summed E-state index contributed by atoms with van der Waals surface area (Å²) in [6, 6.07) is 0. The van der Waals surface area contributed by atoms with Crippen molar-refractivity contribution in [2.24, 2.45) is 0 Å². The van der Waals surface area contributed by atoms with E-state index in [9.17, 15) is 9.46 Å². The molecule has 1 N–H and O–H groups in total. The summed E-state index contributed by atoms with van der Waals surface area (Å²) in [6.45, 7) is 5.81. The number of rotatable bonds is 19. The normalized spacial score (nSPS) is 13.8. The predicted molar refractivity (Wildman–Crippen MR) is 109 cm³/mol. The van der Waals surface area contributed by atoms with Gasteiger partial charge in [-0.1, -0.05) is 109 Å². The first-order valence-electron chi connectivity index (χ1n) is 10.5. The van der Waals surface area contributed by atoms with Crippen LogP contribution in [-0.2, 0) is 4.57 Å². The highest BCUT2D eigenvalue weighted by Gasteiger charge is 2.14. The molecular weight excluding hydrogens is 315 g/mol. The zero-order valence-electron chi connectivity index (χ0n) is 16.3. The molecule has 144 valence electrons. The Morgan fingerprint density at radius 1 is 0.708 bits per heavy atom. The van der Waals surface area contributed by atoms with Crippen LogP contribution in [0.15, 0.2) is 12.7 Å². The van der Waals surface area contributed by atoms with Crippen molar-refractivity contribution in [1.82, 2.24) is 0 Å². The van der Waals surface area contributed by atoms with Crippen LogP contribution in [0.1, 0.15) is 110 Å². The molecule has 0 rings (SSSR count). The molecule has 0 amide bonds. The van der Waals surface area contributed by atoms with E-state index in [0.717, 1.165) is 12.8 Å². The molecule has 0 aliphatic carbocycles. The second kappa shape index (κ2) is 17.7. The zero-order valence-corrected chi connectivity index (χ0v) is 17.2. The average molecular weight is 359 g/mol. The van der Waals surface area contributed by atoms with Gasteiger partial charge in [-0.2, -0.15) is 0 Å². The highest BCUT2D eigenvalue weighted by atomic mass is 31.2. The van der Waals surface area contributed by atoms with E-state index in [0.29, 0.717) is 6.16 Å². The Morgan fingerprint density at radius 2 is 1.04 bits per heavy atom. The van der Waals surface area contributed by atoms with E-state index < -0.39 is 7.37 Å². The molecule has 0 bridgehead atoms. The van der Waals surface area contributed by atoms with E-state index in [1.165, 1.54) is 89.9 Å². The Bertz CT molecular complexity index is 315. The van der Waals surface area contributed by atoms with Crippen LogP contribution < -0.4 is 0 Å². The number of allylic oxidation sites excluding steroid dienone is 1. The molecule has 0 heterocycles. The summed E-state index contributed by atoms with van der Waals surface area (Å²) in [6.07, 6.45) is 23.6. The van der Waals surface area contributed by atoms with Crippen molar-refractivity contribution in [3.63, 3.8) is 0 Å². The standard InChI is InChI=1S/C21H43O2P/c1-3-5-6-7-8-9-10-11-12-13-14-15-16-17-18-19-21-24(22,23)20-4-2/h4H,2-3,5-21H2,1H3,(H,22,23). The van der Waals surface area contributed by atoms with Gasteiger partial charge in [-0.15, -0.1) is 6.58 Å². The molecule has 0 spiro atoms. The smallest absolute Gasteiger partial charge is 0.204 e. The van der Waals surface area contributed by atoms with Crippen LogP contribution in [0.3, 0.4) is 0 Å². The molecule has 0 aliphatic heterocycles. The van der Waals surface area contributed by atoms with E-state index in [1.54, 1.807) is 6.08 Å². The Morgan fingerprint density at radius 3 is 1.38 bits per heavy atom. The van der Waals surface area contributed by atoms with Crippen molar-refractivity contribution >= 4 is 7.37 Å². The molecule has 0 aromatic rings. The minimum Gasteiger partial charge on any atom is -0.344 e. The quantitative estimate of drug-likeness (QED) is 0.146. The summed E-state index contributed by atoms with van der Waals surface area (Å²) in [4.78, 5) is 9.61. The van der Waals surface area contributed by atoms with Gasteiger partial charge in [0.2, 0.25) is 7.37 Å². The first-order chi connectivity index (χ1) is 11.6. The lowest BCUT2D eigenvalue weighted by molar-refractivity contribution is 0.476. The number of unbranched alkanes of at least 4 members (excludes halogenated alkanes) is 15.